The maximum atomic E-state index is 11.5. The van der Waals surface area contributed by atoms with Crippen LogP contribution in [-0.2, 0) is 5.91 Å². The van der Waals surface area contributed by atoms with Crippen molar-refractivity contribution in [1.82, 2.24) is 0 Å². The third-order valence-corrected chi connectivity index (χ3v) is 3.51. The number of fused-ring (bicyclic) bond motifs is 1. The number of rotatable bonds is 5. The minimum Gasteiger partial charge on any atom is -0.485 e. The summed E-state index contributed by atoms with van der Waals surface area (Å²) in [6.07, 6.45) is 1.57. The fourth-order valence-corrected chi connectivity index (χ4v) is 2.36. The van der Waals surface area contributed by atoms with Crippen LogP contribution < -0.4 is 19.9 Å². The van der Waals surface area contributed by atoms with Crippen molar-refractivity contribution in [3.05, 3.63) is 66.2 Å². The van der Waals surface area contributed by atoms with Crippen molar-refractivity contribution >= 4 is 16.8 Å². The fourth-order valence-electron chi connectivity index (χ4n) is 2.25. The predicted octanol–water partition coefficient (Wildman–Crippen LogP) is 3.17. The van der Waals surface area contributed by atoms with E-state index in [-0.39, 0.29) is 12.2 Å². The van der Waals surface area contributed by atoms with Gasteiger partial charge in [0.05, 0.1) is 5.56 Å². The van der Waals surface area contributed by atoms with E-state index in [9.17, 15) is 4.79 Å². The third kappa shape index (κ3) is 2.88. The summed E-state index contributed by atoms with van der Waals surface area (Å²) < 4.78 is 17.0. The van der Waals surface area contributed by atoms with Crippen molar-refractivity contribution in [2.24, 2.45) is 5.73 Å². The van der Waals surface area contributed by atoms with Crippen LogP contribution in [0, 0.1) is 0 Å². The number of hydrogen-bond acceptors (Lipinski definition) is 5. The summed E-state index contributed by atoms with van der Waals surface area (Å²) in [5.41, 5.74) is 7.07. The lowest BCUT2D eigenvalue weighted by atomic mass is 10.2. The number of carbonyl (C=O) groups is 1. The number of halogens is 1. The predicted molar refractivity (Wildman–Crippen MR) is 85.9 cm³/mol. The Morgan fingerprint density at radius 2 is 2.04 bits per heavy atom. The summed E-state index contributed by atoms with van der Waals surface area (Å²) in [5, 5.41) is -0.630. The van der Waals surface area contributed by atoms with Crippen LogP contribution in [0.4, 0.5) is 0 Å². The Hall–Kier alpha value is -2.50. The molecule has 2 aromatic carbocycles. The molecule has 0 spiro atoms. The minimum atomic E-state index is -1.50. The summed E-state index contributed by atoms with van der Waals surface area (Å²) in [5.74, 6) is -0.569. The fraction of sp³-hybridized carbons (Fsp3) is 0.118. The SMILES string of the molecule is C=CCOc1cc(C(=O)Cl)cc2c1OC(N)(c1ccccc1)O2. The van der Waals surface area contributed by atoms with Crippen LogP contribution in [0.5, 0.6) is 17.2 Å². The number of benzene rings is 2. The number of nitrogens with two attached hydrogens (primary N) is 1. The van der Waals surface area contributed by atoms with Crippen molar-refractivity contribution < 1.29 is 19.0 Å². The second-order valence-electron chi connectivity index (χ2n) is 4.91. The summed E-state index contributed by atoms with van der Waals surface area (Å²) in [4.78, 5) is 11.5. The molecule has 0 amide bonds. The maximum Gasteiger partial charge on any atom is 0.339 e. The van der Waals surface area contributed by atoms with E-state index in [0.717, 1.165) is 0 Å². The topological polar surface area (TPSA) is 70.8 Å². The van der Waals surface area contributed by atoms with E-state index in [1.165, 1.54) is 12.1 Å². The molecule has 1 aliphatic heterocycles. The Kier molecular flexibility index (Phi) is 3.98. The van der Waals surface area contributed by atoms with Gasteiger partial charge in [0.15, 0.2) is 11.5 Å². The molecule has 0 radical (unpaired) electrons. The normalized spacial score (nSPS) is 18.5. The van der Waals surface area contributed by atoms with Gasteiger partial charge in [-0.25, -0.2) is 0 Å². The van der Waals surface area contributed by atoms with Gasteiger partial charge < -0.3 is 14.2 Å². The molecule has 0 fully saturated rings. The number of carbonyl (C=O) groups excluding carboxylic acids is 1. The first kappa shape index (κ1) is 15.4. The van der Waals surface area contributed by atoms with E-state index < -0.39 is 11.2 Å². The number of ether oxygens (including phenoxy) is 3. The highest BCUT2D eigenvalue weighted by Crippen LogP contribution is 2.48. The van der Waals surface area contributed by atoms with Crippen molar-refractivity contribution in [2.75, 3.05) is 6.61 Å². The molecule has 0 saturated carbocycles. The van der Waals surface area contributed by atoms with Crippen LogP contribution in [0.2, 0.25) is 0 Å². The summed E-state index contributed by atoms with van der Waals surface area (Å²) in [6, 6.07) is 12.0. The van der Waals surface area contributed by atoms with Crippen molar-refractivity contribution in [3.8, 4) is 17.2 Å². The Morgan fingerprint density at radius 3 is 2.70 bits per heavy atom. The summed E-state index contributed by atoms with van der Waals surface area (Å²) in [6.45, 7) is 3.82. The first-order valence-corrected chi connectivity index (χ1v) is 7.25. The van der Waals surface area contributed by atoms with Gasteiger partial charge in [-0.05, 0) is 35.9 Å². The average molecular weight is 332 g/mol. The second kappa shape index (κ2) is 5.95. The van der Waals surface area contributed by atoms with Crippen LogP contribution >= 0.6 is 11.6 Å². The molecule has 2 aromatic rings. The molecule has 23 heavy (non-hydrogen) atoms. The standard InChI is InChI=1S/C17H14ClNO4/c1-2-8-21-13-9-11(16(18)20)10-14-15(13)23-17(19,22-14)12-6-4-3-5-7-12/h2-7,9-10H,1,8,19H2. The molecule has 1 heterocycles. The largest absolute Gasteiger partial charge is 0.485 e. The Morgan fingerprint density at radius 1 is 1.30 bits per heavy atom. The molecule has 1 unspecified atom stereocenters. The van der Waals surface area contributed by atoms with Gasteiger partial charge in [-0.2, -0.15) is 0 Å². The molecule has 6 heteroatoms. The molecule has 5 nitrogen and oxygen atoms in total. The lowest BCUT2D eigenvalue weighted by molar-refractivity contribution is -0.0811. The Balaban J connectivity index is 2.03. The van der Waals surface area contributed by atoms with E-state index in [1.807, 2.05) is 18.2 Å². The first-order valence-electron chi connectivity index (χ1n) is 6.87. The molecule has 0 aromatic heterocycles. The molecule has 118 valence electrons. The van der Waals surface area contributed by atoms with E-state index >= 15 is 0 Å². The van der Waals surface area contributed by atoms with Crippen LogP contribution in [0.25, 0.3) is 0 Å². The molecule has 2 N–H and O–H groups in total. The number of hydrogen-bond donors (Lipinski definition) is 1. The molecule has 0 saturated heterocycles. The highest BCUT2D eigenvalue weighted by Gasteiger charge is 2.42. The smallest absolute Gasteiger partial charge is 0.339 e. The molecular weight excluding hydrogens is 318 g/mol. The summed E-state index contributed by atoms with van der Waals surface area (Å²) >= 11 is 5.56. The van der Waals surface area contributed by atoms with Gasteiger partial charge in [-0.3, -0.25) is 10.5 Å². The Labute approximate surface area is 138 Å². The second-order valence-corrected chi connectivity index (χ2v) is 5.26. The first-order chi connectivity index (χ1) is 11.0. The van der Waals surface area contributed by atoms with Gasteiger partial charge in [0.25, 0.3) is 5.24 Å². The molecule has 1 aliphatic rings. The monoisotopic (exact) mass is 331 g/mol. The van der Waals surface area contributed by atoms with Crippen molar-refractivity contribution in [2.45, 2.75) is 5.91 Å². The quantitative estimate of drug-likeness (QED) is 0.673. The van der Waals surface area contributed by atoms with Crippen molar-refractivity contribution in [3.63, 3.8) is 0 Å². The molecular formula is C17H14ClNO4. The maximum absolute atomic E-state index is 11.5. The van der Waals surface area contributed by atoms with Gasteiger partial charge in [-0.15, -0.1) is 0 Å². The molecule has 0 bridgehead atoms. The van der Waals surface area contributed by atoms with Crippen molar-refractivity contribution in [1.29, 1.82) is 0 Å². The minimum absolute atomic E-state index is 0.227. The van der Waals surface area contributed by atoms with Gasteiger partial charge in [0, 0.05) is 5.56 Å². The van der Waals surface area contributed by atoms with Gasteiger partial charge in [0.1, 0.15) is 6.61 Å². The zero-order valence-corrected chi connectivity index (χ0v) is 12.9. The van der Waals surface area contributed by atoms with Crippen LogP contribution in [0.1, 0.15) is 15.9 Å². The highest BCUT2D eigenvalue weighted by atomic mass is 35.5. The van der Waals surface area contributed by atoms with Gasteiger partial charge in [0.2, 0.25) is 5.75 Å². The van der Waals surface area contributed by atoms with Gasteiger partial charge in [-0.1, -0.05) is 30.9 Å². The van der Waals surface area contributed by atoms with Crippen LogP contribution in [0.15, 0.2) is 55.1 Å². The summed E-state index contributed by atoms with van der Waals surface area (Å²) in [7, 11) is 0. The van der Waals surface area contributed by atoms with E-state index in [1.54, 1.807) is 18.2 Å². The lowest BCUT2D eigenvalue weighted by Crippen LogP contribution is -2.44. The van der Waals surface area contributed by atoms with Gasteiger partial charge >= 0.3 is 5.91 Å². The zero-order chi connectivity index (χ0) is 16.4. The zero-order valence-electron chi connectivity index (χ0n) is 12.1. The Bertz CT molecular complexity index is 763. The molecule has 3 rings (SSSR count). The molecule has 1 atom stereocenters. The van der Waals surface area contributed by atoms with Crippen LogP contribution in [-0.4, -0.2) is 11.8 Å². The average Bonchev–Trinajstić information content (AvgIpc) is 2.91. The molecule has 0 aliphatic carbocycles. The van der Waals surface area contributed by atoms with E-state index in [4.69, 9.17) is 31.5 Å². The van der Waals surface area contributed by atoms with E-state index in [2.05, 4.69) is 6.58 Å². The lowest BCUT2D eigenvalue weighted by Gasteiger charge is -2.22. The highest BCUT2D eigenvalue weighted by molar-refractivity contribution is 6.67. The van der Waals surface area contributed by atoms with Crippen LogP contribution in [0.3, 0.4) is 0 Å². The third-order valence-electron chi connectivity index (χ3n) is 3.30. The van der Waals surface area contributed by atoms with E-state index in [0.29, 0.717) is 22.8 Å².